The maximum atomic E-state index is 11.9. The summed E-state index contributed by atoms with van der Waals surface area (Å²) in [5.41, 5.74) is 1.19. The number of rotatable bonds is 4. The van der Waals surface area contributed by atoms with Gasteiger partial charge < -0.3 is 5.32 Å². The molecule has 0 bridgehead atoms. The van der Waals surface area contributed by atoms with Crippen molar-refractivity contribution in [2.45, 2.75) is 13.0 Å². The topological polar surface area (TPSA) is 101 Å². The minimum atomic E-state index is -0.504. The van der Waals surface area contributed by atoms with E-state index in [0.717, 1.165) is 5.56 Å². The van der Waals surface area contributed by atoms with Gasteiger partial charge in [-0.05, 0) is 19.1 Å². The van der Waals surface area contributed by atoms with Gasteiger partial charge in [-0.25, -0.2) is 0 Å². The van der Waals surface area contributed by atoms with Crippen molar-refractivity contribution in [3.63, 3.8) is 0 Å². The number of carbonyl (C=O) groups excluding carboxylic acids is 1. The molecule has 7 nitrogen and oxygen atoms in total. The summed E-state index contributed by atoms with van der Waals surface area (Å²) in [6.45, 7) is 1.83. The van der Waals surface area contributed by atoms with Crippen molar-refractivity contribution in [2.24, 2.45) is 0 Å². The van der Waals surface area contributed by atoms with Gasteiger partial charge in [-0.3, -0.25) is 20.0 Å². The average Bonchev–Trinajstić information content (AvgIpc) is 2.92. The lowest BCUT2D eigenvalue weighted by Gasteiger charge is -2.11. The maximum absolute atomic E-state index is 11.9. The van der Waals surface area contributed by atoms with E-state index in [1.165, 1.54) is 24.3 Å². The molecule has 19 heavy (non-hydrogen) atoms. The Kier molecular flexibility index (Phi) is 3.56. The summed E-state index contributed by atoms with van der Waals surface area (Å²) in [5.74, 6) is -0.288. The van der Waals surface area contributed by atoms with Crippen LogP contribution in [0.3, 0.4) is 0 Å². The van der Waals surface area contributed by atoms with E-state index in [0.29, 0.717) is 5.56 Å². The zero-order valence-corrected chi connectivity index (χ0v) is 10.2. The molecule has 0 saturated heterocycles. The fourth-order valence-electron chi connectivity index (χ4n) is 1.60. The van der Waals surface area contributed by atoms with E-state index in [1.807, 2.05) is 6.92 Å². The number of carbonyl (C=O) groups is 1. The van der Waals surface area contributed by atoms with Gasteiger partial charge in [0, 0.05) is 29.5 Å². The summed E-state index contributed by atoms with van der Waals surface area (Å²) in [4.78, 5) is 21.9. The summed E-state index contributed by atoms with van der Waals surface area (Å²) in [5, 5.41) is 19.8. The zero-order chi connectivity index (χ0) is 13.8. The second-order valence-corrected chi connectivity index (χ2v) is 4.03. The average molecular weight is 260 g/mol. The fourth-order valence-corrected chi connectivity index (χ4v) is 1.60. The normalized spacial score (nSPS) is 11.8. The van der Waals surface area contributed by atoms with E-state index in [1.54, 1.807) is 12.4 Å². The van der Waals surface area contributed by atoms with Crippen molar-refractivity contribution in [3.05, 3.63) is 57.9 Å². The van der Waals surface area contributed by atoms with Gasteiger partial charge in [0.2, 0.25) is 0 Å². The molecule has 0 aliphatic rings. The second-order valence-electron chi connectivity index (χ2n) is 4.03. The molecule has 2 rings (SSSR count). The standard InChI is InChI=1S/C12H12N4O3/c1-8(10-6-13-14-7-10)15-12(17)9-2-4-11(5-3-9)16(18)19/h2-8H,1H3,(H,13,14)(H,15,17). The highest BCUT2D eigenvalue weighted by Crippen LogP contribution is 2.14. The first-order valence-electron chi connectivity index (χ1n) is 5.62. The Labute approximate surface area is 108 Å². The van der Waals surface area contributed by atoms with Crippen molar-refractivity contribution >= 4 is 11.6 Å². The Morgan fingerprint density at radius 1 is 1.42 bits per heavy atom. The zero-order valence-electron chi connectivity index (χ0n) is 10.2. The molecule has 0 fully saturated rings. The quantitative estimate of drug-likeness (QED) is 0.646. The highest BCUT2D eigenvalue weighted by molar-refractivity contribution is 5.94. The molecule has 1 aromatic carbocycles. The lowest BCUT2D eigenvalue weighted by Crippen LogP contribution is -2.26. The Balaban J connectivity index is 2.05. The number of H-pyrrole nitrogens is 1. The van der Waals surface area contributed by atoms with E-state index in [4.69, 9.17) is 0 Å². The van der Waals surface area contributed by atoms with Crippen LogP contribution in [0, 0.1) is 10.1 Å². The molecule has 0 aliphatic heterocycles. The lowest BCUT2D eigenvalue weighted by atomic mass is 10.1. The van der Waals surface area contributed by atoms with Gasteiger partial charge in [-0.1, -0.05) is 0 Å². The van der Waals surface area contributed by atoms with E-state index in [9.17, 15) is 14.9 Å². The van der Waals surface area contributed by atoms with E-state index in [2.05, 4.69) is 15.5 Å². The third-order valence-electron chi connectivity index (χ3n) is 2.71. The lowest BCUT2D eigenvalue weighted by molar-refractivity contribution is -0.384. The SMILES string of the molecule is CC(NC(=O)c1ccc([N+](=O)[O-])cc1)c1cn[nH]c1. The van der Waals surface area contributed by atoms with Crippen molar-refractivity contribution < 1.29 is 9.72 Å². The number of aromatic amines is 1. The van der Waals surface area contributed by atoms with Gasteiger partial charge in [-0.15, -0.1) is 0 Å². The summed E-state index contributed by atoms with van der Waals surface area (Å²) in [6, 6.07) is 5.27. The van der Waals surface area contributed by atoms with Crippen molar-refractivity contribution in [3.8, 4) is 0 Å². The molecule has 2 aromatic rings. The highest BCUT2D eigenvalue weighted by atomic mass is 16.6. The highest BCUT2D eigenvalue weighted by Gasteiger charge is 2.13. The third-order valence-corrected chi connectivity index (χ3v) is 2.71. The van der Waals surface area contributed by atoms with Crippen LogP contribution in [-0.4, -0.2) is 21.0 Å². The van der Waals surface area contributed by atoms with Gasteiger partial charge in [0.25, 0.3) is 11.6 Å². The number of amides is 1. The van der Waals surface area contributed by atoms with Crippen molar-refractivity contribution in [1.82, 2.24) is 15.5 Å². The minimum Gasteiger partial charge on any atom is -0.345 e. The summed E-state index contributed by atoms with van der Waals surface area (Å²) >= 11 is 0. The molecule has 0 radical (unpaired) electrons. The van der Waals surface area contributed by atoms with Gasteiger partial charge >= 0.3 is 0 Å². The number of hydrogen-bond acceptors (Lipinski definition) is 4. The number of aromatic nitrogens is 2. The van der Waals surface area contributed by atoms with Crippen molar-refractivity contribution in [2.75, 3.05) is 0 Å². The Hall–Kier alpha value is -2.70. The molecule has 2 N–H and O–H groups in total. The van der Waals surface area contributed by atoms with Crippen LogP contribution in [0.15, 0.2) is 36.7 Å². The predicted molar refractivity (Wildman–Crippen MR) is 67.6 cm³/mol. The number of nitrogens with zero attached hydrogens (tertiary/aromatic N) is 2. The Bertz CT molecular complexity index is 578. The second kappa shape index (κ2) is 5.30. The number of benzene rings is 1. The van der Waals surface area contributed by atoms with Crippen LogP contribution in [0.4, 0.5) is 5.69 Å². The van der Waals surface area contributed by atoms with E-state index in [-0.39, 0.29) is 17.6 Å². The van der Waals surface area contributed by atoms with Crippen LogP contribution in [0.2, 0.25) is 0 Å². The molecule has 0 spiro atoms. The molecule has 7 heteroatoms. The largest absolute Gasteiger partial charge is 0.345 e. The maximum Gasteiger partial charge on any atom is 0.269 e. The van der Waals surface area contributed by atoms with Gasteiger partial charge in [-0.2, -0.15) is 5.10 Å². The smallest absolute Gasteiger partial charge is 0.269 e. The van der Waals surface area contributed by atoms with E-state index < -0.39 is 4.92 Å². The van der Waals surface area contributed by atoms with E-state index >= 15 is 0 Å². The number of hydrogen-bond donors (Lipinski definition) is 2. The van der Waals surface area contributed by atoms with Crippen LogP contribution in [0.5, 0.6) is 0 Å². The van der Waals surface area contributed by atoms with Gasteiger partial charge in [0.05, 0.1) is 17.2 Å². The van der Waals surface area contributed by atoms with Crippen LogP contribution in [-0.2, 0) is 0 Å². The minimum absolute atomic E-state index is 0.0422. The molecule has 1 amide bonds. The number of non-ortho nitro benzene ring substituents is 1. The fraction of sp³-hybridized carbons (Fsp3) is 0.167. The van der Waals surface area contributed by atoms with Gasteiger partial charge in [0.15, 0.2) is 0 Å². The summed E-state index contributed by atoms with van der Waals surface area (Å²) < 4.78 is 0. The number of nitro benzene ring substituents is 1. The first kappa shape index (κ1) is 12.7. The monoisotopic (exact) mass is 260 g/mol. The molecular formula is C12H12N4O3. The summed E-state index contributed by atoms with van der Waals surface area (Å²) in [6.07, 6.45) is 3.32. The Morgan fingerprint density at radius 2 is 2.11 bits per heavy atom. The van der Waals surface area contributed by atoms with Crippen LogP contribution in [0.1, 0.15) is 28.9 Å². The van der Waals surface area contributed by atoms with Crippen molar-refractivity contribution in [1.29, 1.82) is 0 Å². The third kappa shape index (κ3) is 2.95. The molecule has 1 unspecified atom stereocenters. The first-order chi connectivity index (χ1) is 9.08. The molecule has 0 aliphatic carbocycles. The molecular weight excluding hydrogens is 248 g/mol. The van der Waals surface area contributed by atoms with Gasteiger partial charge in [0.1, 0.15) is 0 Å². The number of nitro groups is 1. The number of nitrogens with one attached hydrogen (secondary N) is 2. The predicted octanol–water partition coefficient (Wildman–Crippen LogP) is 1.81. The molecule has 98 valence electrons. The summed E-state index contributed by atoms with van der Waals surface area (Å²) in [7, 11) is 0. The van der Waals surface area contributed by atoms with Crippen LogP contribution in [0.25, 0.3) is 0 Å². The molecule has 0 saturated carbocycles. The molecule has 1 heterocycles. The molecule has 1 atom stereocenters. The molecule has 1 aromatic heterocycles. The Morgan fingerprint density at radius 3 is 2.63 bits per heavy atom. The first-order valence-corrected chi connectivity index (χ1v) is 5.62. The van der Waals surface area contributed by atoms with Crippen LogP contribution < -0.4 is 5.32 Å². The van der Waals surface area contributed by atoms with Crippen LogP contribution >= 0.6 is 0 Å².